The normalized spacial score (nSPS) is 13.5. The molecular weight excluding hydrogens is 313 g/mol. The van der Waals surface area contributed by atoms with E-state index in [1.54, 1.807) is 48.5 Å². The van der Waals surface area contributed by atoms with Crippen LogP contribution in [0.5, 0.6) is 0 Å². The molecule has 0 bridgehead atoms. The summed E-state index contributed by atoms with van der Waals surface area (Å²) in [5.74, 6) is 0. The van der Waals surface area contributed by atoms with Crippen LogP contribution in [0, 0.1) is 0 Å². The summed E-state index contributed by atoms with van der Waals surface area (Å²) in [5.41, 5.74) is 1.18. The molecule has 0 unspecified atom stereocenters. The monoisotopic (exact) mass is 325 g/mol. The largest absolute Gasteiger partial charge is 0.465 e. The molecule has 0 fully saturated rings. The topological polar surface area (TPSA) is 69.6 Å². The lowest BCUT2D eigenvalue weighted by Crippen LogP contribution is -2.31. The molecule has 4 nitrogen and oxygen atoms in total. The third kappa shape index (κ3) is 4.11. The van der Waals surface area contributed by atoms with Gasteiger partial charge in [-0.05, 0) is 35.4 Å². The molecule has 0 heterocycles. The van der Waals surface area contributed by atoms with Crippen LogP contribution in [0.3, 0.4) is 0 Å². The number of benzene rings is 2. The van der Waals surface area contributed by atoms with Crippen LogP contribution in [0.25, 0.3) is 0 Å². The van der Waals surface area contributed by atoms with Gasteiger partial charge in [-0.15, -0.1) is 0 Å². The van der Waals surface area contributed by atoms with Crippen molar-refractivity contribution in [2.24, 2.45) is 0 Å². The number of aliphatic hydroxyl groups is 1. The van der Waals surface area contributed by atoms with Gasteiger partial charge in [0.25, 0.3) is 0 Å². The third-order valence-corrected chi connectivity index (χ3v) is 3.54. The molecule has 2 aromatic carbocycles. The summed E-state index contributed by atoms with van der Waals surface area (Å²) < 4.78 is 0. The van der Waals surface area contributed by atoms with E-state index in [0.29, 0.717) is 21.2 Å². The minimum Gasteiger partial charge on any atom is -0.465 e. The van der Waals surface area contributed by atoms with Crippen molar-refractivity contribution in [3.8, 4) is 0 Å². The molecule has 0 aliphatic heterocycles. The van der Waals surface area contributed by atoms with Crippen LogP contribution in [0.4, 0.5) is 4.79 Å². The molecule has 2 aromatic rings. The molecule has 0 saturated carbocycles. The number of hydrogen-bond donors (Lipinski definition) is 3. The summed E-state index contributed by atoms with van der Waals surface area (Å²) in [5, 5.41) is 22.8. The van der Waals surface area contributed by atoms with E-state index in [1.165, 1.54) is 0 Å². The maximum absolute atomic E-state index is 11.0. The maximum Gasteiger partial charge on any atom is 0.405 e. The minimum absolute atomic E-state index is 0.536. The number of carboxylic acid groups (broad SMARTS) is 1. The summed E-state index contributed by atoms with van der Waals surface area (Å²) in [7, 11) is 0. The number of hydrogen-bond acceptors (Lipinski definition) is 2. The van der Waals surface area contributed by atoms with Crippen molar-refractivity contribution in [3.63, 3.8) is 0 Å². The minimum atomic E-state index is -1.22. The summed E-state index contributed by atoms with van der Waals surface area (Å²) in [6, 6.07) is 12.4. The van der Waals surface area contributed by atoms with Gasteiger partial charge in [0.2, 0.25) is 0 Å². The van der Waals surface area contributed by atoms with Crippen molar-refractivity contribution >= 4 is 29.3 Å². The van der Waals surface area contributed by atoms with E-state index in [0.717, 1.165) is 0 Å². The van der Waals surface area contributed by atoms with E-state index in [1.807, 2.05) is 0 Å². The average Bonchev–Trinajstić information content (AvgIpc) is 2.46. The zero-order chi connectivity index (χ0) is 15.4. The molecule has 21 heavy (non-hydrogen) atoms. The Morgan fingerprint density at radius 2 is 1.33 bits per heavy atom. The first-order valence-corrected chi connectivity index (χ1v) is 6.91. The van der Waals surface area contributed by atoms with Crippen molar-refractivity contribution < 1.29 is 15.0 Å². The van der Waals surface area contributed by atoms with E-state index >= 15 is 0 Å². The van der Waals surface area contributed by atoms with Gasteiger partial charge < -0.3 is 15.5 Å². The van der Waals surface area contributed by atoms with Crippen molar-refractivity contribution in [3.05, 3.63) is 69.7 Å². The first kappa shape index (κ1) is 15.6. The number of nitrogens with one attached hydrogen (secondary N) is 1. The smallest absolute Gasteiger partial charge is 0.405 e. The van der Waals surface area contributed by atoms with Crippen molar-refractivity contribution in [2.45, 2.75) is 12.1 Å². The van der Waals surface area contributed by atoms with E-state index in [2.05, 4.69) is 5.32 Å². The van der Waals surface area contributed by atoms with Crippen LogP contribution >= 0.6 is 23.2 Å². The van der Waals surface area contributed by atoms with E-state index < -0.39 is 18.2 Å². The first-order valence-electron chi connectivity index (χ1n) is 6.16. The SMILES string of the molecule is O=C(O)N[C@H](c1ccc(Cl)cc1)[C@@H](O)c1ccc(Cl)cc1. The van der Waals surface area contributed by atoms with Gasteiger partial charge in [0, 0.05) is 10.0 Å². The summed E-state index contributed by atoms with van der Waals surface area (Å²) >= 11 is 11.6. The second-order valence-corrected chi connectivity index (χ2v) is 5.35. The van der Waals surface area contributed by atoms with Crippen molar-refractivity contribution in [1.29, 1.82) is 0 Å². The Bertz CT molecular complexity index is 614. The van der Waals surface area contributed by atoms with Crippen LogP contribution < -0.4 is 5.32 Å². The van der Waals surface area contributed by atoms with Crippen LogP contribution in [0.1, 0.15) is 23.3 Å². The number of halogens is 2. The number of carbonyl (C=O) groups is 1. The molecule has 6 heteroatoms. The fourth-order valence-electron chi connectivity index (χ4n) is 2.00. The second kappa shape index (κ2) is 6.80. The van der Waals surface area contributed by atoms with E-state index in [4.69, 9.17) is 28.3 Å². The molecular formula is C15H13Cl2NO3. The molecule has 110 valence electrons. The molecule has 0 saturated heterocycles. The standard InChI is InChI=1S/C15H13Cl2NO3/c16-11-5-1-9(2-6-11)13(18-15(20)21)14(19)10-3-7-12(17)8-4-10/h1-8,13-14,18-19H,(H,20,21)/t13-,14+/m1/s1. The van der Waals surface area contributed by atoms with Crippen molar-refractivity contribution in [1.82, 2.24) is 5.32 Å². The van der Waals surface area contributed by atoms with Crippen LogP contribution in [0.15, 0.2) is 48.5 Å². The highest BCUT2D eigenvalue weighted by Crippen LogP contribution is 2.30. The molecule has 2 rings (SSSR count). The van der Waals surface area contributed by atoms with Gasteiger partial charge in [-0.25, -0.2) is 4.79 Å². The highest BCUT2D eigenvalue weighted by molar-refractivity contribution is 6.30. The molecule has 0 spiro atoms. The summed E-state index contributed by atoms with van der Waals surface area (Å²) in [4.78, 5) is 11.0. The lowest BCUT2D eigenvalue weighted by Gasteiger charge is -2.23. The predicted octanol–water partition coefficient (Wildman–Crippen LogP) is 4.04. The Labute approximate surface area is 131 Å². The van der Waals surface area contributed by atoms with E-state index in [9.17, 15) is 9.90 Å². The summed E-state index contributed by atoms with van der Waals surface area (Å²) in [6.45, 7) is 0. The van der Waals surface area contributed by atoms with Gasteiger partial charge in [0.15, 0.2) is 0 Å². The van der Waals surface area contributed by atoms with Gasteiger partial charge in [0.05, 0.1) is 6.04 Å². The maximum atomic E-state index is 11.0. The van der Waals surface area contributed by atoms with Gasteiger partial charge >= 0.3 is 6.09 Å². The van der Waals surface area contributed by atoms with Crippen molar-refractivity contribution in [2.75, 3.05) is 0 Å². The highest BCUT2D eigenvalue weighted by Gasteiger charge is 2.24. The Morgan fingerprint density at radius 3 is 1.76 bits per heavy atom. The Morgan fingerprint density at radius 1 is 0.905 bits per heavy atom. The highest BCUT2D eigenvalue weighted by atomic mass is 35.5. The Balaban J connectivity index is 2.32. The number of rotatable bonds is 4. The Kier molecular flexibility index (Phi) is 5.07. The van der Waals surface area contributed by atoms with Gasteiger partial charge in [-0.2, -0.15) is 0 Å². The molecule has 0 aliphatic rings. The predicted molar refractivity (Wildman–Crippen MR) is 81.8 cm³/mol. The van der Waals surface area contributed by atoms with Gasteiger partial charge in [-0.3, -0.25) is 0 Å². The molecule has 0 aromatic heterocycles. The fraction of sp³-hybridized carbons (Fsp3) is 0.133. The summed E-state index contributed by atoms with van der Waals surface area (Å²) in [6.07, 6.45) is -2.26. The zero-order valence-electron chi connectivity index (χ0n) is 10.8. The van der Waals surface area contributed by atoms with Gasteiger partial charge in [-0.1, -0.05) is 47.5 Å². The molecule has 2 atom stereocenters. The second-order valence-electron chi connectivity index (χ2n) is 4.48. The molecule has 0 aliphatic carbocycles. The number of amides is 1. The third-order valence-electron chi connectivity index (χ3n) is 3.04. The number of aliphatic hydroxyl groups excluding tert-OH is 1. The van der Waals surface area contributed by atoms with Crippen LogP contribution in [-0.4, -0.2) is 16.3 Å². The lowest BCUT2D eigenvalue weighted by atomic mass is 9.96. The lowest BCUT2D eigenvalue weighted by molar-refractivity contribution is 0.120. The van der Waals surface area contributed by atoms with Gasteiger partial charge in [0.1, 0.15) is 6.10 Å². The van der Waals surface area contributed by atoms with Crippen LogP contribution in [0.2, 0.25) is 10.0 Å². The quantitative estimate of drug-likeness (QED) is 0.794. The Hall–Kier alpha value is -1.75. The molecule has 0 radical (unpaired) electrons. The average molecular weight is 326 g/mol. The zero-order valence-corrected chi connectivity index (χ0v) is 12.3. The fourth-order valence-corrected chi connectivity index (χ4v) is 2.25. The first-order chi connectivity index (χ1) is 9.97. The molecule has 3 N–H and O–H groups in total. The molecule has 1 amide bonds. The van der Waals surface area contributed by atoms with E-state index in [-0.39, 0.29) is 0 Å². The van der Waals surface area contributed by atoms with Crippen LogP contribution in [-0.2, 0) is 0 Å².